The molecule has 6 heteroatoms. The molecule has 1 saturated heterocycles. The van der Waals surface area contributed by atoms with Crippen molar-refractivity contribution in [3.8, 4) is 0 Å². The molecule has 0 spiro atoms. The normalized spacial score (nSPS) is 28.6. The van der Waals surface area contributed by atoms with Crippen molar-refractivity contribution in [1.82, 2.24) is 19.8 Å². The van der Waals surface area contributed by atoms with Gasteiger partial charge in [-0.1, -0.05) is 0 Å². The lowest BCUT2D eigenvalue weighted by Crippen LogP contribution is -2.44. The largest absolute Gasteiger partial charge is 0.380 e. The second kappa shape index (κ2) is 5.66. The molecule has 1 amide bonds. The first-order chi connectivity index (χ1) is 10.7. The van der Waals surface area contributed by atoms with Crippen molar-refractivity contribution in [2.75, 3.05) is 19.8 Å². The number of nitrogens with one attached hydrogen (secondary N) is 1. The first-order valence-electron chi connectivity index (χ1n) is 8.39. The molecule has 2 unspecified atom stereocenters. The molecule has 2 aliphatic heterocycles. The Hall–Kier alpha value is -1.40. The Morgan fingerprint density at radius 2 is 2.27 bits per heavy atom. The van der Waals surface area contributed by atoms with Crippen molar-refractivity contribution in [3.63, 3.8) is 0 Å². The number of imidazole rings is 1. The molecule has 1 saturated carbocycles. The van der Waals surface area contributed by atoms with Crippen LogP contribution in [0, 0.1) is 5.92 Å². The van der Waals surface area contributed by atoms with Crippen LogP contribution >= 0.6 is 0 Å². The van der Waals surface area contributed by atoms with E-state index in [1.54, 1.807) is 0 Å². The summed E-state index contributed by atoms with van der Waals surface area (Å²) in [6.07, 6.45) is 5.14. The number of carbonyl (C=O) groups is 1. The summed E-state index contributed by atoms with van der Waals surface area (Å²) in [5, 5.41) is 3.04. The molecular weight excluding hydrogens is 280 g/mol. The third-order valence-electron chi connectivity index (χ3n) is 5.19. The topological polar surface area (TPSA) is 59.4 Å². The maximum atomic E-state index is 11.8. The number of amides is 1. The van der Waals surface area contributed by atoms with Gasteiger partial charge in [0.2, 0.25) is 5.91 Å². The lowest BCUT2D eigenvalue weighted by Gasteiger charge is -2.37. The summed E-state index contributed by atoms with van der Waals surface area (Å²) >= 11 is 0. The van der Waals surface area contributed by atoms with Crippen molar-refractivity contribution in [2.24, 2.45) is 5.92 Å². The average molecular weight is 304 g/mol. The SMILES string of the molecule is CC1c2ncc(CNC(=O)C3CC3)n2CCN1C1CCOC1. The van der Waals surface area contributed by atoms with Crippen LogP contribution in [0.4, 0.5) is 0 Å². The predicted molar refractivity (Wildman–Crippen MR) is 81.1 cm³/mol. The highest BCUT2D eigenvalue weighted by Crippen LogP contribution is 2.30. The van der Waals surface area contributed by atoms with Crippen molar-refractivity contribution in [2.45, 2.75) is 51.4 Å². The quantitative estimate of drug-likeness (QED) is 0.904. The van der Waals surface area contributed by atoms with Crippen LogP contribution in [-0.2, 0) is 22.6 Å². The second-order valence-electron chi connectivity index (χ2n) is 6.68. The van der Waals surface area contributed by atoms with Crippen molar-refractivity contribution in [1.29, 1.82) is 0 Å². The van der Waals surface area contributed by atoms with Crippen molar-refractivity contribution in [3.05, 3.63) is 17.7 Å². The van der Waals surface area contributed by atoms with Gasteiger partial charge >= 0.3 is 0 Å². The Labute approximate surface area is 130 Å². The van der Waals surface area contributed by atoms with Gasteiger partial charge < -0.3 is 14.6 Å². The van der Waals surface area contributed by atoms with Crippen LogP contribution in [0.2, 0.25) is 0 Å². The van der Waals surface area contributed by atoms with Crippen LogP contribution in [0.1, 0.15) is 43.7 Å². The molecule has 1 aromatic rings. The zero-order chi connectivity index (χ0) is 15.1. The number of aromatic nitrogens is 2. The van der Waals surface area contributed by atoms with E-state index >= 15 is 0 Å². The third kappa shape index (κ3) is 2.54. The molecule has 3 heterocycles. The molecule has 2 atom stereocenters. The van der Waals surface area contributed by atoms with Crippen molar-refractivity contribution >= 4 is 5.91 Å². The zero-order valence-corrected chi connectivity index (χ0v) is 13.1. The number of carbonyl (C=O) groups excluding carboxylic acids is 1. The Bertz CT molecular complexity index is 560. The van der Waals surface area contributed by atoms with E-state index in [0.29, 0.717) is 18.6 Å². The number of ether oxygens (including phenoxy) is 1. The third-order valence-corrected chi connectivity index (χ3v) is 5.19. The standard InChI is InChI=1S/C16H24N4O2/c1-11-15-17-8-14(9-18-16(21)12-2-3-12)20(15)6-5-19(11)13-4-7-22-10-13/h8,11-13H,2-7,9-10H2,1H3,(H,18,21). The molecule has 3 aliphatic rings. The molecule has 4 rings (SSSR count). The van der Waals surface area contributed by atoms with Gasteiger partial charge in [-0.25, -0.2) is 4.98 Å². The number of hydrogen-bond acceptors (Lipinski definition) is 4. The van der Waals surface area contributed by atoms with E-state index < -0.39 is 0 Å². The number of fused-ring (bicyclic) bond motifs is 1. The summed E-state index contributed by atoms with van der Waals surface area (Å²) in [6.45, 7) is 6.52. The maximum absolute atomic E-state index is 11.8. The number of rotatable bonds is 4. The molecule has 1 aromatic heterocycles. The lowest BCUT2D eigenvalue weighted by molar-refractivity contribution is -0.122. The number of nitrogens with zero attached hydrogens (tertiary/aromatic N) is 3. The second-order valence-corrected chi connectivity index (χ2v) is 6.68. The van der Waals surface area contributed by atoms with Gasteiger partial charge in [0.1, 0.15) is 5.82 Å². The molecule has 22 heavy (non-hydrogen) atoms. The summed E-state index contributed by atoms with van der Waals surface area (Å²) in [5.74, 6) is 1.58. The number of hydrogen-bond donors (Lipinski definition) is 1. The summed E-state index contributed by atoms with van der Waals surface area (Å²) in [6, 6.07) is 0.840. The van der Waals surface area contributed by atoms with E-state index in [4.69, 9.17) is 4.74 Å². The first kappa shape index (κ1) is 14.2. The Balaban J connectivity index is 1.45. The molecule has 1 N–H and O–H groups in total. The van der Waals surface area contributed by atoms with E-state index in [1.165, 1.54) is 0 Å². The van der Waals surface area contributed by atoms with Crippen LogP contribution in [-0.4, -0.2) is 46.2 Å². The van der Waals surface area contributed by atoms with E-state index in [1.807, 2.05) is 6.20 Å². The lowest BCUT2D eigenvalue weighted by atomic mass is 10.1. The van der Waals surface area contributed by atoms with Gasteiger partial charge in [0.05, 0.1) is 31.1 Å². The summed E-state index contributed by atoms with van der Waals surface area (Å²) in [7, 11) is 0. The highest BCUT2D eigenvalue weighted by molar-refractivity contribution is 5.80. The molecular formula is C16H24N4O2. The maximum Gasteiger partial charge on any atom is 0.223 e. The van der Waals surface area contributed by atoms with Gasteiger partial charge in [-0.3, -0.25) is 9.69 Å². The van der Waals surface area contributed by atoms with Crippen LogP contribution in [0.15, 0.2) is 6.20 Å². The molecule has 1 aliphatic carbocycles. The molecule has 0 radical (unpaired) electrons. The van der Waals surface area contributed by atoms with E-state index in [9.17, 15) is 4.79 Å². The first-order valence-corrected chi connectivity index (χ1v) is 8.39. The Morgan fingerprint density at radius 1 is 1.41 bits per heavy atom. The van der Waals surface area contributed by atoms with Crippen molar-refractivity contribution < 1.29 is 9.53 Å². The average Bonchev–Trinajstić information content (AvgIpc) is 3.08. The van der Waals surface area contributed by atoms with E-state index in [0.717, 1.165) is 57.1 Å². The van der Waals surface area contributed by atoms with Crippen LogP contribution in [0.5, 0.6) is 0 Å². The van der Waals surface area contributed by atoms with E-state index in [-0.39, 0.29) is 11.8 Å². The highest BCUT2D eigenvalue weighted by Gasteiger charge is 2.34. The highest BCUT2D eigenvalue weighted by atomic mass is 16.5. The fourth-order valence-electron chi connectivity index (χ4n) is 3.67. The molecule has 0 aromatic carbocycles. The molecule has 2 fully saturated rings. The minimum absolute atomic E-state index is 0.198. The summed E-state index contributed by atoms with van der Waals surface area (Å²) in [5.41, 5.74) is 1.12. The minimum Gasteiger partial charge on any atom is -0.380 e. The van der Waals surface area contributed by atoms with Crippen LogP contribution < -0.4 is 5.32 Å². The Kier molecular flexibility index (Phi) is 3.66. The minimum atomic E-state index is 0.198. The van der Waals surface area contributed by atoms with Gasteiger partial charge in [-0.05, 0) is 26.2 Å². The van der Waals surface area contributed by atoms with Gasteiger partial charge in [-0.15, -0.1) is 0 Å². The fourth-order valence-corrected chi connectivity index (χ4v) is 3.67. The molecule has 0 bridgehead atoms. The van der Waals surface area contributed by atoms with Crippen LogP contribution in [0.3, 0.4) is 0 Å². The predicted octanol–water partition coefficient (Wildman–Crippen LogP) is 1.07. The molecule has 120 valence electrons. The summed E-state index contributed by atoms with van der Waals surface area (Å²) in [4.78, 5) is 18.9. The zero-order valence-electron chi connectivity index (χ0n) is 13.1. The van der Waals surface area contributed by atoms with Gasteiger partial charge in [0.15, 0.2) is 0 Å². The smallest absolute Gasteiger partial charge is 0.223 e. The van der Waals surface area contributed by atoms with Gasteiger partial charge in [0, 0.05) is 31.7 Å². The summed E-state index contributed by atoms with van der Waals surface area (Å²) < 4.78 is 7.81. The van der Waals surface area contributed by atoms with Gasteiger partial charge in [-0.2, -0.15) is 0 Å². The fraction of sp³-hybridized carbons (Fsp3) is 0.750. The Morgan fingerprint density at radius 3 is 3.00 bits per heavy atom. The monoisotopic (exact) mass is 304 g/mol. The van der Waals surface area contributed by atoms with Crippen LogP contribution in [0.25, 0.3) is 0 Å². The van der Waals surface area contributed by atoms with E-state index in [2.05, 4.69) is 26.7 Å². The molecule has 6 nitrogen and oxygen atoms in total. The van der Waals surface area contributed by atoms with Gasteiger partial charge in [0.25, 0.3) is 0 Å².